The Balaban J connectivity index is 1.89. The Hall–Kier alpha value is -2.67. The first-order valence-electron chi connectivity index (χ1n) is 6.13. The van der Waals surface area contributed by atoms with Gasteiger partial charge in [0.15, 0.2) is 17.4 Å². The summed E-state index contributed by atoms with van der Waals surface area (Å²) in [7, 11) is 0. The van der Waals surface area contributed by atoms with Crippen molar-refractivity contribution in [3.8, 4) is 17.3 Å². The number of rotatable bonds is 3. The molecule has 2 N–H and O–H groups in total. The molecular formula is C14H9ClF2N4O. The van der Waals surface area contributed by atoms with Crippen molar-refractivity contribution in [1.29, 1.82) is 0 Å². The lowest BCUT2D eigenvalue weighted by Gasteiger charge is -2.08. The molecule has 0 amide bonds. The van der Waals surface area contributed by atoms with Gasteiger partial charge in [-0.1, -0.05) is 11.6 Å². The maximum atomic E-state index is 14.1. The molecule has 0 radical (unpaired) electrons. The number of nitrogen functional groups attached to an aromatic ring is 1. The lowest BCUT2D eigenvalue weighted by Crippen LogP contribution is -1.99. The number of nitrogens with zero attached hydrogens (tertiary/aromatic N) is 3. The van der Waals surface area contributed by atoms with E-state index in [-0.39, 0.29) is 16.7 Å². The third-order valence-corrected chi connectivity index (χ3v) is 2.98. The summed E-state index contributed by atoms with van der Waals surface area (Å²) >= 11 is 5.59. The van der Waals surface area contributed by atoms with E-state index in [9.17, 15) is 8.78 Å². The number of halogens is 3. The van der Waals surface area contributed by atoms with Crippen LogP contribution in [0.1, 0.15) is 0 Å². The van der Waals surface area contributed by atoms with Crippen LogP contribution in [0.25, 0.3) is 5.69 Å². The SMILES string of the molecule is Nc1ccn(-c2ccc(Oc3ncc(Cl)cc3F)c(F)c2)n1. The van der Waals surface area contributed by atoms with E-state index in [2.05, 4.69) is 10.1 Å². The van der Waals surface area contributed by atoms with Gasteiger partial charge in [-0.3, -0.25) is 0 Å². The van der Waals surface area contributed by atoms with Gasteiger partial charge < -0.3 is 10.5 Å². The molecule has 5 nitrogen and oxygen atoms in total. The van der Waals surface area contributed by atoms with Gasteiger partial charge in [-0.25, -0.2) is 18.4 Å². The van der Waals surface area contributed by atoms with Crippen molar-refractivity contribution in [2.24, 2.45) is 0 Å². The Morgan fingerprint density at radius 3 is 2.59 bits per heavy atom. The predicted molar refractivity (Wildman–Crippen MR) is 77.2 cm³/mol. The van der Waals surface area contributed by atoms with Crippen molar-refractivity contribution in [2.45, 2.75) is 0 Å². The van der Waals surface area contributed by atoms with Crippen molar-refractivity contribution in [3.63, 3.8) is 0 Å². The van der Waals surface area contributed by atoms with Crippen LogP contribution in [0.2, 0.25) is 5.02 Å². The topological polar surface area (TPSA) is 66.0 Å². The van der Waals surface area contributed by atoms with Crippen LogP contribution in [0.3, 0.4) is 0 Å². The fourth-order valence-corrected chi connectivity index (χ4v) is 1.92. The summed E-state index contributed by atoms with van der Waals surface area (Å²) in [5.74, 6) is -1.69. The van der Waals surface area contributed by atoms with Crippen LogP contribution in [-0.2, 0) is 0 Å². The van der Waals surface area contributed by atoms with Gasteiger partial charge in [-0.05, 0) is 18.2 Å². The van der Waals surface area contributed by atoms with E-state index in [0.717, 1.165) is 6.07 Å². The van der Waals surface area contributed by atoms with E-state index in [1.54, 1.807) is 18.3 Å². The molecule has 0 spiro atoms. The van der Waals surface area contributed by atoms with Gasteiger partial charge in [0.25, 0.3) is 5.88 Å². The molecule has 22 heavy (non-hydrogen) atoms. The number of hydrogen-bond acceptors (Lipinski definition) is 4. The van der Waals surface area contributed by atoms with Gasteiger partial charge in [-0.15, -0.1) is 0 Å². The quantitative estimate of drug-likeness (QED) is 0.800. The molecule has 0 bridgehead atoms. The summed E-state index contributed by atoms with van der Waals surface area (Å²) in [5.41, 5.74) is 5.95. The molecule has 0 aliphatic rings. The second kappa shape index (κ2) is 5.61. The summed E-state index contributed by atoms with van der Waals surface area (Å²) in [6.07, 6.45) is 2.80. The summed E-state index contributed by atoms with van der Waals surface area (Å²) < 4.78 is 34.2. The third-order valence-electron chi connectivity index (χ3n) is 2.77. The Labute approximate surface area is 128 Å². The number of pyridine rings is 1. The summed E-state index contributed by atoms with van der Waals surface area (Å²) in [6.45, 7) is 0. The molecule has 0 aliphatic heterocycles. The van der Waals surface area contributed by atoms with Crippen LogP contribution in [0.4, 0.5) is 14.6 Å². The molecule has 3 aromatic rings. The standard InChI is InChI=1S/C14H9ClF2N4O/c15-8-5-11(17)14(19-7-8)22-12-2-1-9(6-10(12)16)21-4-3-13(18)20-21/h1-7H,(H2,18,20). The van der Waals surface area contributed by atoms with Gasteiger partial charge in [0, 0.05) is 24.5 Å². The number of ether oxygens (including phenoxy) is 1. The second-order valence-electron chi connectivity index (χ2n) is 4.34. The zero-order valence-corrected chi connectivity index (χ0v) is 11.8. The minimum atomic E-state index is -0.782. The van der Waals surface area contributed by atoms with Gasteiger partial charge in [0.2, 0.25) is 0 Å². The molecule has 1 aromatic carbocycles. The molecule has 8 heteroatoms. The van der Waals surface area contributed by atoms with Crippen molar-refractivity contribution in [3.05, 3.63) is 59.4 Å². The van der Waals surface area contributed by atoms with Crippen LogP contribution >= 0.6 is 11.6 Å². The van der Waals surface area contributed by atoms with E-state index in [1.165, 1.54) is 23.0 Å². The lowest BCUT2D eigenvalue weighted by molar-refractivity contribution is 0.398. The average Bonchev–Trinajstić information content (AvgIpc) is 2.90. The first kappa shape index (κ1) is 14.3. The van der Waals surface area contributed by atoms with Crippen molar-refractivity contribution < 1.29 is 13.5 Å². The highest BCUT2D eigenvalue weighted by Gasteiger charge is 2.12. The molecule has 0 aliphatic carbocycles. The fourth-order valence-electron chi connectivity index (χ4n) is 1.78. The molecule has 0 unspecified atom stereocenters. The van der Waals surface area contributed by atoms with Gasteiger partial charge in [-0.2, -0.15) is 5.10 Å². The van der Waals surface area contributed by atoms with Crippen LogP contribution in [0, 0.1) is 11.6 Å². The molecule has 2 aromatic heterocycles. The first-order chi connectivity index (χ1) is 10.5. The lowest BCUT2D eigenvalue weighted by atomic mass is 10.3. The van der Waals surface area contributed by atoms with Crippen molar-refractivity contribution >= 4 is 17.4 Å². The minimum Gasteiger partial charge on any atom is -0.433 e. The smallest absolute Gasteiger partial charge is 0.256 e. The summed E-state index contributed by atoms with van der Waals surface area (Å²) in [4.78, 5) is 3.67. The van der Waals surface area contributed by atoms with E-state index in [0.29, 0.717) is 11.5 Å². The Bertz CT molecular complexity index is 837. The van der Waals surface area contributed by atoms with Crippen LogP contribution < -0.4 is 10.5 Å². The molecule has 2 heterocycles. The van der Waals surface area contributed by atoms with Crippen molar-refractivity contribution in [2.75, 3.05) is 5.73 Å². The number of nitrogens with two attached hydrogens (primary N) is 1. The zero-order chi connectivity index (χ0) is 15.7. The Morgan fingerprint density at radius 1 is 1.14 bits per heavy atom. The van der Waals surface area contributed by atoms with Gasteiger partial charge >= 0.3 is 0 Å². The molecule has 3 rings (SSSR count). The maximum Gasteiger partial charge on any atom is 0.256 e. The highest BCUT2D eigenvalue weighted by molar-refractivity contribution is 6.30. The van der Waals surface area contributed by atoms with E-state index >= 15 is 0 Å². The summed E-state index contributed by atoms with van der Waals surface area (Å²) in [6, 6.07) is 6.70. The zero-order valence-electron chi connectivity index (χ0n) is 11.0. The predicted octanol–water partition coefficient (Wildman–Crippen LogP) is 3.57. The monoisotopic (exact) mass is 322 g/mol. The Kier molecular flexibility index (Phi) is 3.64. The normalized spacial score (nSPS) is 10.7. The largest absolute Gasteiger partial charge is 0.433 e. The molecule has 0 fully saturated rings. The fraction of sp³-hybridized carbons (Fsp3) is 0. The molecule has 0 atom stereocenters. The number of hydrogen-bond donors (Lipinski definition) is 1. The average molecular weight is 323 g/mol. The number of benzene rings is 1. The summed E-state index contributed by atoms with van der Waals surface area (Å²) in [5, 5.41) is 4.08. The number of aromatic nitrogens is 3. The van der Waals surface area contributed by atoms with E-state index < -0.39 is 11.6 Å². The molecule has 112 valence electrons. The second-order valence-corrected chi connectivity index (χ2v) is 4.78. The third kappa shape index (κ3) is 2.84. The maximum absolute atomic E-state index is 14.1. The van der Waals surface area contributed by atoms with Gasteiger partial charge in [0.05, 0.1) is 10.7 Å². The van der Waals surface area contributed by atoms with Crippen molar-refractivity contribution in [1.82, 2.24) is 14.8 Å². The Morgan fingerprint density at radius 2 is 1.95 bits per heavy atom. The van der Waals surface area contributed by atoms with Crippen LogP contribution in [0.15, 0.2) is 42.7 Å². The molecule has 0 saturated carbocycles. The molecular weight excluding hydrogens is 314 g/mol. The highest BCUT2D eigenvalue weighted by Crippen LogP contribution is 2.27. The van der Waals surface area contributed by atoms with E-state index in [1.807, 2.05) is 0 Å². The van der Waals surface area contributed by atoms with E-state index in [4.69, 9.17) is 22.1 Å². The number of anilines is 1. The first-order valence-corrected chi connectivity index (χ1v) is 6.51. The van der Waals surface area contributed by atoms with Gasteiger partial charge in [0.1, 0.15) is 5.82 Å². The highest BCUT2D eigenvalue weighted by atomic mass is 35.5. The minimum absolute atomic E-state index is 0.122. The van der Waals surface area contributed by atoms with Crippen LogP contribution in [-0.4, -0.2) is 14.8 Å². The van der Waals surface area contributed by atoms with Crippen LogP contribution in [0.5, 0.6) is 11.6 Å². The molecule has 0 saturated heterocycles.